The van der Waals surface area contributed by atoms with Crippen LogP contribution in [0.3, 0.4) is 0 Å². The van der Waals surface area contributed by atoms with Gasteiger partial charge in [0.2, 0.25) is 0 Å². The van der Waals surface area contributed by atoms with E-state index in [1.54, 1.807) is 45.7 Å². The Morgan fingerprint density at radius 1 is 1.22 bits per heavy atom. The van der Waals surface area contributed by atoms with Gasteiger partial charge < -0.3 is 10.8 Å². The van der Waals surface area contributed by atoms with Crippen LogP contribution in [0, 0.1) is 28.6 Å². The fourth-order valence-electron chi connectivity index (χ4n) is 4.44. The Bertz CT molecular complexity index is 1410. The third-order valence-corrected chi connectivity index (χ3v) is 6.05. The molecule has 3 N–H and O–H groups in total. The molecule has 0 aromatic carbocycles. The standard InChI is InChI=1S/C21H20N10O/c1-29-9-14(17(12-32)27-29)16-11-30-18(2-5-25-30)19(26-16)15-10-31(28-20(15)24)21(3-4-22)6-13(7-21)8-23/h2,5,9-11,13,32H,3,6-7,12H2,1H3,(H2,24,28)/t13-,21-. The first-order valence-corrected chi connectivity index (χ1v) is 10.1. The third kappa shape index (κ3) is 2.91. The van der Waals surface area contributed by atoms with Crippen molar-refractivity contribution in [3.8, 4) is 34.7 Å². The molecule has 1 aliphatic rings. The lowest BCUT2D eigenvalue weighted by molar-refractivity contribution is 0.0885. The van der Waals surface area contributed by atoms with E-state index in [4.69, 9.17) is 10.7 Å². The number of nitriles is 2. The molecule has 11 heteroatoms. The molecule has 1 fully saturated rings. The number of aromatic nitrogens is 7. The molecule has 0 amide bonds. The topological polar surface area (TPSA) is 160 Å². The first-order valence-electron chi connectivity index (χ1n) is 10.1. The number of nitrogens with zero attached hydrogens (tertiary/aromatic N) is 9. The molecule has 0 bridgehead atoms. The molecular weight excluding hydrogens is 408 g/mol. The number of rotatable bonds is 5. The summed E-state index contributed by atoms with van der Waals surface area (Å²) in [5.41, 5.74) is 9.50. The molecule has 0 saturated heterocycles. The molecule has 0 aliphatic heterocycles. The predicted octanol–water partition coefficient (Wildman–Crippen LogP) is 1.61. The van der Waals surface area contributed by atoms with Gasteiger partial charge in [-0.25, -0.2) is 9.50 Å². The summed E-state index contributed by atoms with van der Waals surface area (Å²) in [6.07, 6.45) is 8.40. The molecule has 1 aliphatic carbocycles. The summed E-state index contributed by atoms with van der Waals surface area (Å²) in [5.74, 6) is 0.187. The summed E-state index contributed by atoms with van der Waals surface area (Å²) >= 11 is 0. The number of hydrogen-bond acceptors (Lipinski definition) is 8. The average molecular weight is 428 g/mol. The highest BCUT2D eigenvalue weighted by Gasteiger charge is 2.47. The van der Waals surface area contributed by atoms with Crippen LogP contribution in [0.25, 0.3) is 28.0 Å². The van der Waals surface area contributed by atoms with Crippen molar-refractivity contribution in [1.29, 1.82) is 10.5 Å². The molecule has 0 radical (unpaired) electrons. The van der Waals surface area contributed by atoms with Crippen LogP contribution in [-0.4, -0.2) is 39.3 Å². The molecule has 4 aromatic heterocycles. The molecule has 4 aromatic rings. The van der Waals surface area contributed by atoms with Crippen molar-refractivity contribution in [2.75, 3.05) is 5.73 Å². The van der Waals surface area contributed by atoms with Gasteiger partial charge in [-0.05, 0) is 18.9 Å². The van der Waals surface area contributed by atoms with E-state index in [1.807, 2.05) is 6.07 Å². The maximum Gasteiger partial charge on any atom is 0.155 e. The van der Waals surface area contributed by atoms with E-state index in [1.165, 1.54) is 0 Å². The van der Waals surface area contributed by atoms with E-state index in [-0.39, 0.29) is 24.8 Å². The van der Waals surface area contributed by atoms with Crippen LogP contribution in [-0.2, 0) is 19.2 Å². The second-order valence-corrected chi connectivity index (χ2v) is 8.12. The van der Waals surface area contributed by atoms with Crippen molar-refractivity contribution in [2.45, 2.75) is 31.4 Å². The lowest BCUT2D eigenvalue weighted by Crippen LogP contribution is -2.46. The monoisotopic (exact) mass is 428 g/mol. The van der Waals surface area contributed by atoms with Crippen LogP contribution in [0.1, 0.15) is 25.0 Å². The van der Waals surface area contributed by atoms with E-state index in [9.17, 15) is 15.6 Å². The van der Waals surface area contributed by atoms with Crippen molar-refractivity contribution in [3.63, 3.8) is 0 Å². The van der Waals surface area contributed by atoms with E-state index in [0.29, 0.717) is 41.1 Å². The van der Waals surface area contributed by atoms with Crippen LogP contribution < -0.4 is 5.73 Å². The minimum Gasteiger partial charge on any atom is -0.390 e. The Balaban J connectivity index is 1.65. The Morgan fingerprint density at radius 3 is 2.75 bits per heavy atom. The molecule has 0 unspecified atom stereocenters. The minimum atomic E-state index is -0.539. The molecule has 32 heavy (non-hydrogen) atoms. The van der Waals surface area contributed by atoms with E-state index < -0.39 is 5.54 Å². The summed E-state index contributed by atoms with van der Waals surface area (Å²) in [5, 5.41) is 41.4. The first-order chi connectivity index (χ1) is 15.5. The van der Waals surface area contributed by atoms with Gasteiger partial charge in [-0.1, -0.05) is 0 Å². The number of aliphatic hydroxyl groups is 1. The number of aliphatic hydroxyl groups excluding tert-OH is 1. The second-order valence-electron chi connectivity index (χ2n) is 8.12. The van der Waals surface area contributed by atoms with Gasteiger partial charge >= 0.3 is 0 Å². The SMILES string of the molecule is Cn1cc(-c2cn3nccc3c(-c3cn([C@]4(CC#N)C[C@@H](C#N)C4)nc3N)n2)c(CO)n1. The smallest absolute Gasteiger partial charge is 0.155 e. The summed E-state index contributed by atoms with van der Waals surface area (Å²) in [6, 6.07) is 6.31. The van der Waals surface area contributed by atoms with Crippen LogP contribution >= 0.6 is 0 Å². The third-order valence-electron chi connectivity index (χ3n) is 6.05. The van der Waals surface area contributed by atoms with Crippen LogP contribution in [0.4, 0.5) is 5.82 Å². The summed E-state index contributed by atoms with van der Waals surface area (Å²) in [7, 11) is 1.78. The van der Waals surface area contributed by atoms with Gasteiger partial charge in [0.1, 0.15) is 5.69 Å². The highest BCUT2D eigenvalue weighted by Crippen LogP contribution is 2.47. The quantitative estimate of drug-likeness (QED) is 0.485. The highest BCUT2D eigenvalue weighted by atomic mass is 16.3. The number of nitrogen functional groups attached to an aromatic ring is 1. The average Bonchev–Trinajstić information content (AvgIpc) is 3.47. The maximum absolute atomic E-state index is 9.71. The molecule has 1 saturated carbocycles. The van der Waals surface area contributed by atoms with Crippen molar-refractivity contribution in [1.82, 2.24) is 34.2 Å². The number of nitrogens with two attached hydrogens (primary N) is 1. The van der Waals surface area contributed by atoms with Gasteiger partial charge in [0.05, 0.1) is 71.5 Å². The Morgan fingerprint density at radius 2 is 2.03 bits per heavy atom. The molecule has 0 atom stereocenters. The zero-order valence-corrected chi connectivity index (χ0v) is 17.3. The fourth-order valence-corrected chi connectivity index (χ4v) is 4.44. The molecule has 160 valence electrons. The van der Waals surface area contributed by atoms with Gasteiger partial charge in [0.25, 0.3) is 0 Å². The zero-order valence-electron chi connectivity index (χ0n) is 17.3. The zero-order chi connectivity index (χ0) is 22.5. The van der Waals surface area contributed by atoms with E-state index in [2.05, 4.69) is 27.4 Å². The summed E-state index contributed by atoms with van der Waals surface area (Å²) in [6.45, 7) is -0.221. The number of anilines is 1. The molecule has 5 rings (SSSR count). The van der Waals surface area contributed by atoms with Gasteiger partial charge in [-0.15, -0.1) is 0 Å². The lowest BCUT2D eigenvalue weighted by atomic mass is 9.67. The normalized spacial score (nSPS) is 20.1. The molecule has 0 spiro atoms. The number of fused-ring (bicyclic) bond motifs is 1. The van der Waals surface area contributed by atoms with E-state index >= 15 is 0 Å². The number of aryl methyl sites for hydroxylation is 1. The van der Waals surface area contributed by atoms with Gasteiger partial charge in [-0.3, -0.25) is 9.36 Å². The van der Waals surface area contributed by atoms with Gasteiger partial charge in [0, 0.05) is 25.0 Å². The Kier molecular flexibility index (Phi) is 4.43. The van der Waals surface area contributed by atoms with Crippen LogP contribution in [0.5, 0.6) is 0 Å². The van der Waals surface area contributed by atoms with Crippen molar-refractivity contribution < 1.29 is 5.11 Å². The molecular formula is C21H20N10O. The fraction of sp³-hybridized carbons (Fsp3) is 0.333. The summed E-state index contributed by atoms with van der Waals surface area (Å²) < 4.78 is 5.04. The Labute approximate surface area is 182 Å². The lowest BCUT2D eigenvalue weighted by Gasteiger charge is -2.43. The van der Waals surface area contributed by atoms with Crippen molar-refractivity contribution >= 4 is 11.3 Å². The molecule has 11 nitrogen and oxygen atoms in total. The van der Waals surface area contributed by atoms with Crippen LogP contribution in [0.2, 0.25) is 0 Å². The van der Waals surface area contributed by atoms with Crippen molar-refractivity contribution in [2.24, 2.45) is 13.0 Å². The maximum atomic E-state index is 9.71. The predicted molar refractivity (Wildman–Crippen MR) is 113 cm³/mol. The Hall–Kier alpha value is -4.22. The van der Waals surface area contributed by atoms with Crippen LogP contribution in [0.15, 0.2) is 30.9 Å². The van der Waals surface area contributed by atoms with Gasteiger partial charge in [-0.2, -0.15) is 25.8 Å². The van der Waals surface area contributed by atoms with Gasteiger partial charge in [0.15, 0.2) is 5.82 Å². The second kappa shape index (κ2) is 7.18. The summed E-state index contributed by atoms with van der Waals surface area (Å²) in [4.78, 5) is 4.84. The van der Waals surface area contributed by atoms with Crippen molar-refractivity contribution in [3.05, 3.63) is 36.5 Å². The molecule has 4 heterocycles. The first kappa shape index (κ1) is 19.7. The van der Waals surface area contributed by atoms with E-state index in [0.717, 1.165) is 5.52 Å². The number of hydrogen-bond donors (Lipinski definition) is 2. The highest BCUT2D eigenvalue weighted by molar-refractivity contribution is 5.84. The largest absolute Gasteiger partial charge is 0.390 e. The minimum absolute atomic E-state index is 0.0947.